The Morgan fingerprint density at radius 3 is 2.48 bits per heavy atom. The van der Waals surface area contributed by atoms with Crippen LogP contribution in [0.5, 0.6) is 5.75 Å². The van der Waals surface area contributed by atoms with Gasteiger partial charge in [0.05, 0.1) is 5.69 Å². The average molecular weight is 370 g/mol. The molecule has 0 bridgehead atoms. The molecule has 126 valence electrons. The maximum atomic E-state index is 6.11. The van der Waals surface area contributed by atoms with Crippen molar-refractivity contribution in [1.82, 2.24) is 0 Å². The number of ether oxygens (including phenoxy) is 1. The predicted octanol–water partition coefficient (Wildman–Crippen LogP) is 6.63. The molecule has 0 heterocycles. The zero-order valence-corrected chi connectivity index (χ0v) is 15.3. The van der Waals surface area contributed by atoms with E-state index < -0.39 is 0 Å². The van der Waals surface area contributed by atoms with E-state index in [-0.39, 0.29) is 0 Å². The Balaban J connectivity index is 1.64. The highest BCUT2D eigenvalue weighted by atomic mass is 35.5. The first-order valence-electron chi connectivity index (χ1n) is 7.88. The van der Waals surface area contributed by atoms with E-state index >= 15 is 0 Å². The monoisotopic (exact) mass is 369 g/mol. The van der Waals surface area contributed by atoms with Crippen LogP contribution >= 0.6 is 23.2 Å². The molecule has 0 spiro atoms. The van der Waals surface area contributed by atoms with E-state index in [2.05, 4.69) is 4.99 Å². The predicted molar refractivity (Wildman–Crippen MR) is 106 cm³/mol. The maximum absolute atomic E-state index is 6.11. The van der Waals surface area contributed by atoms with Gasteiger partial charge in [0.25, 0.3) is 0 Å². The molecule has 0 unspecified atom stereocenters. The molecule has 0 aliphatic carbocycles. The third kappa shape index (κ3) is 4.85. The molecule has 3 rings (SSSR count). The van der Waals surface area contributed by atoms with Crippen LogP contribution in [0.25, 0.3) is 0 Å². The van der Waals surface area contributed by atoms with Crippen LogP contribution in [0.2, 0.25) is 10.0 Å². The molecule has 3 aromatic rings. The molecule has 0 saturated carbocycles. The summed E-state index contributed by atoms with van der Waals surface area (Å²) in [5.74, 6) is 0.802. The summed E-state index contributed by atoms with van der Waals surface area (Å²) in [6, 6.07) is 21.1. The maximum Gasteiger partial charge on any atom is 0.119 e. The van der Waals surface area contributed by atoms with Crippen LogP contribution in [-0.4, -0.2) is 6.21 Å². The van der Waals surface area contributed by atoms with Crippen LogP contribution in [0, 0.1) is 6.92 Å². The third-order valence-corrected chi connectivity index (χ3v) is 4.41. The van der Waals surface area contributed by atoms with Crippen molar-refractivity contribution in [3.8, 4) is 5.75 Å². The lowest BCUT2D eigenvalue weighted by molar-refractivity contribution is 0.306. The highest BCUT2D eigenvalue weighted by molar-refractivity contribution is 6.31. The quantitative estimate of drug-likeness (QED) is 0.462. The molecule has 0 radical (unpaired) electrons. The van der Waals surface area contributed by atoms with Gasteiger partial charge in [0.1, 0.15) is 12.4 Å². The van der Waals surface area contributed by atoms with E-state index in [4.69, 9.17) is 27.9 Å². The minimum Gasteiger partial charge on any atom is -0.489 e. The van der Waals surface area contributed by atoms with Gasteiger partial charge < -0.3 is 4.74 Å². The minimum absolute atomic E-state index is 0.482. The zero-order valence-electron chi connectivity index (χ0n) is 13.7. The van der Waals surface area contributed by atoms with Gasteiger partial charge in [0, 0.05) is 16.3 Å². The summed E-state index contributed by atoms with van der Waals surface area (Å²) in [6.07, 6.45) is 1.82. The third-order valence-electron chi connectivity index (χ3n) is 3.77. The fraction of sp³-hybridized carbons (Fsp3) is 0.0952. The topological polar surface area (TPSA) is 21.6 Å². The van der Waals surface area contributed by atoms with E-state index in [0.29, 0.717) is 11.6 Å². The summed E-state index contributed by atoms with van der Waals surface area (Å²) in [6.45, 7) is 2.44. The Bertz CT molecular complexity index is 889. The van der Waals surface area contributed by atoms with Gasteiger partial charge in [-0.15, -0.1) is 0 Å². The van der Waals surface area contributed by atoms with Crippen molar-refractivity contribution in [1.29, 1.82) is 0 Å². The lowest BCUT2D eigenvalue weighted by Gasteiger charge is -2.07. The van der Waals surface area contributed by atoms with Gasteiger partial charge in [0.15, 0.2) is 0 Å². The van der Waals surface area contributed by atoms with Crippen LogP contribution in [0.3, 0.4) is 0 Å². The molecular weight excluding hydrogens is 353 g/mol. The van der Waals surface area contributed by atoms with Gasteiger partial charge in [0.2, 0.25) is 0 Å². The number of benzene rings is 3. The Labute approximate surface area is 157 Å². The van der Waals surface area contributed by atoms with E-state index in [0.717, 1.165) is 33.1 Å². The van der Waals surface area contributed by atoms with Crippen LogP contribution in [0.1, 0.15) is 16.7 Å². The SMILES string of the molecule is Cc1c(Cl)cccc1N=Cc1ccc(OCc2cccc(Cl)c2)cc1. The molecule has 0 aromatic heterocycles. The molecule has 25 heavy (non-hydrogen) atoms. The molecule has 4 heteroatoms. The van der Waals surface area contributed by atoms with E-state index in [1.807, 2.05) is 79.9 Å². The van der Waals surface area contributed by atoms with E-state index in [9.17, 15) is 0 Å². The van der Waals surface area contributed by atoms with Crippen molar-refractivity contribution in [3.63, 3.8) is 0 Å². The molecule has 0 amide bonds. The Morgan fingerprint density at radius 2 is 1.72 bits per heavy atom. The van der Waals surface area contributed by atoms with Gasteiger partial charge in [-0.3, -0.25) is 4.99 Å². The largest absolute Gasteiger partial charge is 0.489 e. The fourth-order valence-electron chi connectivity index (χ4n) is 2.32. The molecule has 2 nitrogen and oxygen atoms in total. The summed E-state index contributed by atoms with van der Waals surface area (Å²) in [5, 5.41) is 1.43. The highest BCUT2D eigenvalue weighted by Gasteiger charge is 2.00. The van der Waals surface area contributed by atoms with Gasteiger partial charge >= 0.3 is 0 Å². The summed E-state index contributed by atoms with van der Waals surface area (Å²) in [4.78, 5) is 4.50. The molecule has 0 aliphatic heterocycles. The number of halogens is 2. The van der Waals surface area contributed by atoms with Crippen molar-refractivity contribution < 1.29 is 4.74 Å². The van der Waals surface area contributed by atoms with Crippen molar-refractivity contribution >= 4 is 35.1 Å². The van der Waals surface area contributed by atoms with Gasteiger partial charge in [-0.25, -0.2) is 0 Å². The lowest BCUT2D eigenvalue weighted by atomic mass is 10.2. The van der Waals surface area contributed by atoms with Crippen molar-refractivity contribution in [2.75, 3.05) is 0 Å². The second-order valence-electron chi connectivity index (χ2n) is 5.63. The Hall–Kier alpha value is -2.29. The summed E-state index contributed by atoms with van der Waals surface area (Å²) in [5.41, 5.74) is 3.87. The molecule has 3 aromatic carbocycles. The highest BCUT2D eigenvalue weighted by Crippen LogP contribution is 2.25. The van der Waals surface area contributed by atoms with E-state index in [1.54, 1.807) is 0 Å². The van der Waals surface area contributed by atoms with E-state index in [1.165, 1.54) is 0 Å². The number of rotatable bonds is 5. The fourth-order valence-corrected chi connectivity index (χ4v) is 2.71. The normalized spacial score (nSPS) is 11.0. The number of hydrogen-bond acceptors (Lipinski definition) is 2. The molecule has 0 atom stereocenters. The number of nitrogens with zero attached hydrogens (tertiary/aromatic N) is 1. The van der Waals surface area contributed by atoms with Crippen LogP contribution in [0.4, 0.5) is 5.69 Å². The molecule has 0 N–H and O–H groups in total. The van der Waals surface area contributed by atoms with Crippen molar-refractivity contribution in [3.05, 3.63) is 93.5 Å². The average Bonchev–Trinajstić information content (AvgIpc) is 2.62. The first-order valence-corrected chi connectivity index (χ1v) is 8.64. The molecule has 0 saturated heterocycles. The molecule has 0 fully saturated rings. The van der Waals surface area contributed by atoms with Gasteiger partial charge in [-0.1, -0.05) is 41.4 Å². The van der Waals surface area contributed by atoms with Crippen molar-refractivity contribution in [2.24, 2.45) is 4.99 Å². The van der Waals surface area contributed by atoms with Crippen molar-refractivity contribution in [2.45, 2.75) is 13.5 Å². The van der Waals surface area contributed by atoms with Gasteiger partial charge in [-0.2, -0.15) is 0 Å². The van der Waals surface area contributed by atoms with Crippen LogP contribution in [0.15, 0.2) is 71.7 Å². The smallest absolute Gasteiger partial charge is 0.119 e. The number of hydrogen-bond donors (Lipinski definition) is 0. The molecular formula is C21H17Cl2NO. The lowest BCUT2D eigenvalue weighted by Crippen LogP contribution is -1.95. The minimum atomic E-state index is 0.482. The summed E-state index contributed by atoms with van der Waals surface area (Å²) >= 11 is 12.1. The van der Waals surface area contributed by atoms with Gasteiger partial charge in [-0.05, 0) is 72.1 Å². The molecule has 0 aliphatic rings. The van der Waals surface area contributed by atoms with Crippen LogP contribution < -0.4 is 4.74 Å². The number of aliphatic imine (C=N–C) groups is 1. The standard InChI is InChI=1S/C21H17Cl2NO/c1-15-20(23)6-3-7-21(15)24-13-16-8-10-19(11-9-16)25-14-17-4-2-5-18(22)12-17/h2-13H,14H2,1H3. The summed E-state index contributed by atoms with van der Waals surface area (Å²) < 4.78 is 5.78. The Morgan fingerprint density at radius 1 is 0.960 bits per heavy atom. The zero-order chi connectivity index (χ0) is 17.6. The summed E-state index contributed by atoms with van der Waals surface area (Å²) in [7, 11) is 0. The second kappa shape index (κ2) is 8.19. The van der Waals surface area contributed by atoms with Crippen LogP contribution in [-0.2, 0) is 6.61 Å². The second-order valence-corrected chi connectivity index (χ2v) is 6.47. The first kappa shape index (κ1) is 17.5. The Kier molecular flexibility index (Phi) is 5.75. The first-order chi connectivity index (χ1) is 12.1.